The lowest BCUT2D eigenvalue weighted by Crippen LogP contribution is -2.35. The minimum absolute atomic E-state index is 0.0357. The van der Waals surface area contributed by atoms with Gasteiger partial charge in [0.15, 0.2) is 0 Å². The van der Waals surface area contributed by atoms with Gasteiger partial charge in [0.2, 0.25) is 0 Å². The minimum Gasteiger partial charge on any atom is -0.347 e. The van der Waals surface area contributed by atoms with Crippen molar-refractivity contribution in [1.82, 2.24) is 19.9 Å². The van der Waals surface area contributed by atoms with Crippen LogP contribution in [0.4, 0.5) is 5.82 Å². The number of hydrogen-bond acceptors (Lipinski definition) is 4. The Morgan fingerprint density at radius 2 is 2.05 bits per heavy atom. The van der Waals surface area contributed by atoms with Gasteiger partial charge in [-0.05, 0) is 25.3 Å². The summed E-state index contributed by atoms with van der Waals surface area (Å²) in [6.45, 7) is 7.46. The zero-order valence-electron chi connectivity index (χ0n) is 13.0. The summed E-state index contributed by atoms with van der Waals surface area (Å²) in [4.78, 5) is 19.3. The Bertz CT molecular complexity index is 585. The van der Waals surface area contributed by atoms with Gasteiger partial charge in [0.25, 0.3) is 0 Å². The topological polar surface area (TPSA) is 57.7 Å². The van der Waals surface area contributed by atoms with E-state index in [1.165, 1.54) is 12.8 Å². The third-order valence-electron chi connectivity index (χ3n) is 3.94. The van der Waals surface area contributed by atoms with Crippen molar-refractivity contribution < 1.29 is 0 Å². The van der Waals surface area contributed by atoms with Crippen LogP contribution in [0.25, 0.3) is 0 Å². The van der Waals surface area contributed by atoms with Gasteiger partial charge in [0.05, 0.1) is 6.04 Å². The molecule has 0 radical (unpaired) electrons. The van der Waals surface area contributed by atoms with Crippen LogP contribution in [-0.4, -0.2) is 26.5 Å². The Morgan fingerprint density at radius 1 is 1.19 bits per heavy atom. The van der Waals surface area contributed by atoms with Gasteiger partial charge >= 0.3 is 0 Å². The van der Waals surface area contributed by atoms with E-state index < -0.39 is 0 Å². The Hall–Kier alpha value is -1.91. The predicted molar refractivity (Wildman–Crippen MR) is 83.3 cm³/mol. The van der Waals surface area contributed by atoms with E-state index in [-0.39, 0.29) is 11.5 Å². The summed E-state index contributed by atoms with van der Waals surface area (Å²) in [6.07, 6.45) is 9.13. The summed E-state index contributed by atoms with van der Waals surface area (Å²) in [5, 5.41) is 0. The molecule has 1 aliphatic heterocycles. The molecule has 5 nitrogen and oxygen atoms in total. The second-order valence-corrected chi connectivity index (χ2v) is 6.67. The zero-order valence-corrected chi connectivity index (χ0v) is 13.0. The fourth-order valence-corrected chi connectivity index (χ4v) is 2.82. The molecular formula is C16H23N5. The van der Waals surface area contributed by atoms with Crippen molar-refractivity contribution in [1.29, 1.82) is 0 Å². The van der Waals surface area contributed by atoms with Gasteiger partial charge in [-0.1, -0.05) is 20.8 Å². The number of rotatable bonds is 2. The second kappa shape index (κ2) is 5.47. The molecule has 0 bridgehead atoms. The van der Waals surface area contributed by atoms with Crippen LogP contribution in [-0.2, 0) is 5.41 Å². The molecule has 112 valence electrons. The first-order valence-electron chi connectivity index (χ1n) is 7.65. The lowest BCUT2D eigenvalue weighted by Gasteiger charge is -2.36. The highest BCUT2D eigenvalue weighted by Gasteiger charge is 2.28. The molecule has 2 aromatic heterocycles. The van der Waals surface area contributed by atoms with E-state index in [1.807, 2.05) is 24.7 Å². The third-order valence-corrected chi connectivity index (χ3v) is 3.94. The number of H-pyrrole nitrogens is 1. The molecule has 21 heavy (non-hydrogen) atoms. The molecule has 2 aromatic rings. The number of anilines is 1. The highest BCUT2D eigenvalue weighted by atomic mass is 15.2. The molecule has 0 spiro atoms. The number of nitrogens with one attached hydrogen (secondary N) is 1. The lowest BCUT2D eigenvalue weighted by atomic mass is 9.95. The highest BCUT2D eigenvalue weighted by molar-refractivity contribution is 5.41. The first-order chi connectivity index (χ1) is 10.1. The first-order valence-corrected chi connectivity index (χ1v) is 7.65. The van der Waals surface area contributed by atoms with Gasteiger partial charge in [-0.15, -0.1) is 0 Å². The zero-order chi connectivity index (χ0) is 14.9. The normalized spacial score (nSPS) is 19.8. The summed E-state index contributed by atoms with van der Waals surface area (Å²) in [5.74, 6) is 2.94. The van der Waals surface area contributed by atoms with Gasteiger partial charge in [-0.2, -0.15) is 0 Å². The maximum atomic E-state index is 4.80. The van der Waals surface area contributed by atoms with E-state index in [0.29, 0.717) is 0 Å². The van der Waals surface area contributed by atoms with E-state index in [2.05, 4.69) is 40.6 Å². The molecule has 1 N–H and O–H groups in total. The fourth-order valence-electron chi connectivity index (χ4n) is 2.82. The molecule has 0 unspecified atom stereocenters. The molecule has 0 amide bonds. The monoisotopic (exact) mass is 285 g/mol. The molecular weight excluding hydrogens is 262 g/mol. The molecule has 3 heterocycles. The van der Waals surface area contributed by atoms with Crippen LogP contribution in [0.2, 0.25) is 0 Å². The Kier molecular flexibility index (Phi) is 3.66. The van der Waals surface area contributed by atoms with Gasteiger partial charge < -0.3 is 9.88 Å². The van der Waals surface area contributed by atoms with E-state index in [0.717, 1.165) is 30.4 Å². The summed E-state index contributed by atoms with van der Waals surface area (Å²) in [5.41, 5.74) is -0.0357. The first kappa shape index (κ1) is 14.0. The van der Waals surface area contributed by atoms with Crippen molar-refractivity contribution in [3.8, 4) is 0 Å². The SMILES string of the molecule is CC(C)(C)c1nccc(N2CCCC[C@H]2c2ncc[nH]2)n1. The van der Waals surface area contributed by atoms with Crippen LogP contribution in [0.5, 0.6) is 0 Å². The summed E-state index contributed by atoms with van der Waals surface area (Å²) in [7, 11) is 0. The largest absolute Gasteiger partial charge is 0.347 e. The smallest absolute Gasteiger partial charge is 0.135 e. The van der Waals surface area contributed by atoms with E-state index in [4.69, 9.17) is 4.98 Å². The molecule has 0 aromatic carbocycles. The number of hydrogen-bond donors (Lipinski definition) is 1. The number of imidazole rings is 1. The van der Waals surface area contributed by atoms with Gasteiger partial charge in [0.1, 0.15) is 17.5 Å². The van der Waals surface area contributed by atoms with Crippen molar-refractivity contribution in [2.24, 2.45) is 0 Å². The van der Waals surface area contributed by atoms with Crippen molar-refractivity contribution in [2.75, 3.05) is 11.4 Å². The van der Waals surface area contributed by atoms with Gasteiger partial charge in [-0.25, -0.2) is 15.0 Å². The molecule has 1 aliphatic rings. The average Bonchev–Trinajstić information content (AvgIpc) is 3.01. The Labute approximate surface area is 125 Å². The van der Waals surface area contributed by atoms with E-state index in [9.17, 15) is 0 Å². The molecule has 0 aliphatic carbocycles. The summed E-state index contributed by atoms with van der Waals surface area (Å²) in [6, 6.07) is 2.30. The summed E-state index contributed by atoms with van der Waals surface area (Å²) < 4.78 is 0. The van der Waals surface area contributed by atoms with Crippen LogP contribution in [0, 0.1) is 0 Å². The standard InChI is InChI=1S/C16H23N5/c1-16(2,3)15-19-8-7-13(20-15)21-11-5-4-6-12(21)14-17-9-10-18-14/h7-10,12H,4-6,11H2,1-3H3,(H,17,18)/t12-/m0/s1. The van der Waals surface area contributed by atoms with Crippen LogP contribution < -0.4 is 4.90 Å². The van der Waals surface area contributed by atoms with Crippen LogP contribution in [0.15, 0.2) is 24.7 Å². The molecule has 1 atom stereocenters. The minimum atomic E-state index is -0.0357. The lowest BCUT2D eigenvalue weighted by molar-refractivity contribution is 0.452. The van der Waals surface area contributed by atoms with Crippen molar-refractivity contribution in [2.45, 2.75) is 51.5 Å². The quantitative estimate of drug-likeness (QED) is 0.920. The Balaban J connectivity index is 1.93. The van der Waals surface area contributed by atoms with Crippen molar-refractivity contribution >= 4 is 5.82 Å². The fraction of sp³-hybridized carbons (Fsp3) is 0.562. The average molecular weight is 285 g/mol. The number of aromatic amines is 1. The third kappa shape index (κ3) is 2.91. The van der Waals surface area contributed by atoms with Crippen LogP contribution >= 0.6 is 0 Å². The van der Waals surface area contributed by atoms with Crippen molar-refractivity contribution in [3.05, 3.63) is 36.3 Å². The predicted octanol–water partition coefficient (Wildman–Crippen LogP) is 3.23. The molecule has 1 saturated heterocycles. The molecule has 3 rings (SSSR count). The molecule has 5 heteroatoms. The molecule has 1 fully saturated rings. The van der Waals surface area contributed by atoms with E-state index in [1.54, 1.807) is 0 Å². The van der Waals surface area contributed by atoms with Gasteiger partial charge in [0, 0.05) is 30.6 Å². The highest BCUT2D eigenvalue weighted by Crippen LogP contribution is 2.33. The number of nitrogens with zero attached hydrogens (tertiary/aromatic N) is 4. The maximum absolute atomic E-state index is 4.80. The van der Waals surface area contributed by atoms with Crippen molar-refractivity contribution in [3.63, 3.8) is 0 Å². The van der Waals surface area contributed by atoms with Crippen LogP contribution in [0.3, 0.4) is 0 Å². The maximum Gasteiger partial charge on any atom is 0.135 e. The van der Waals surface area contributed by atoms with E-state index >= 15 is 0 Å². The molecule has 0 saturated carbocycles. The Morgan fingerprint density at radius 3 is 2.76 bits per heavy atom. The summed E-state index contributed by atoms with van der Waals surface area (Å²) >= 11 is 0. The second-order valence-electron chi connectivity index (χ2n) is 6.67. The van der Waals surface area contributed by atoms with Gasteiger partial charge in [-0.3, -0.25) is 0 Å². The number of aromatic nitrogens is 4. The van der Waals surface area contributed by atoms with Crippen LogP contribution in [0.1, 0.15) is 57.7 Å². The number of piperidine rings is 1.